The number of ketones is 1. The molecule has 0 fully saturated rings. The fourth-order valence-corrected chi connectivity index (χ4v) is 2.95. The van der Waals surface area contributed by atoms with Gasteiger partial charge in [-0.15, -0.1) is 0 Å². The Balaban J connectivity index is 2.42. The summed E-state index contributed by atoms with van der Waals surface area (Å²) < 4.78 is 67.5. The molecular formula is C16H13F3O4S. The molecule has 0 heterocycles. The van der Waals surface area contributed by atoms with Crippen molar-refractivity contribution >= 4 is 15.9 Å². The van der Waals surface area contributed by atoms with Crippen molar-refractivity contribution in [3.8, 4) is 5.75 Å². The van der Waals surface area contributed by atoms with Crippen LogP contribution in [0.25, 0.3) is 0 Å². The normalized spacial score (nSPS) is 12.0. The van der Waals surface area contributed by atoms with E-state index in [0.29, 0.717) is 6.07 Å². The number of carbonyl (C=O) groups is 1. The predicted molar refractivity (Wildman–Crippen MR) is 80.3 cm³/mol. The Kier molecular flexibility index (Phi) is 4.98. The number of Topliss-reactive ketones (excluding diaryl/α,β-unsaturated/α-hetero) is 1. The zero-order chi connectivity index (χ0) is 18.0. The minimum absolute atomic E-state index is 0.0514. The molecule has 0 atom stereocenters. The molecular weight excluding hydrogens is 345 g/mol. The van der Waals surface area contributed by atoms with Gasteiger partial charge in [0.05, 0.1) is 11.1 Å². The van der Waals surface area contributed by atoms with Gasteiger partial charge in [0.1, 0.15) is 4.90 Å². The topological polar surface area (TPSA) is 60.4 Å². The third-order valence-electron chi connectivity index (χ3n) is 3.16. The average molecular weight is 358 g/mol. The fraction of sp³-hybridized carbons (Fsp3) is 0.188. The van der Waals surface area contributed by atoms with Gasteiger partial charge < -0.3 is 4.18 Å². The SMILES string of the molecule is CCC(=O)c1ccccc1OS(=O)(=O)c1cccc(C(F)(F)F)c1. The quantitative estimate of drug-likeness (QED) is 0.597. The Morgan fingerprint density at radius 3 is 2.38 bits per heavy atom. The van der Waals surface area contributed by atoms with Gasteiger partial charge in [-0.25, -0.2) is 0 Å². The number of rotatable bonds is 5. The Labute approximate surface area is 137 Å². The zero-order valence-electron chi connectivity index (χ0n) is 12.5. The molecule has 0 saturated heterocycles. The lowest BCUT2D eigenvalue weighted by molar-refractivity contribution is -0.137. The fourth-order valence-electron chi connectivity index (χ4n) is 1.95. The van der Waals surface area contributed by atoms with E-state index < -0.39 is 26.8 Å². The lowest BCUT2D eigenvalue weighted by Gasteiger charge is -2.12. The second-order valence-electron chi connectivity index (χ2n) is 4.84. The maximum Gasteiger partial charge on any atom is 0.416 e. The highest BCUT2D eigenvalue weighted by atomic mass is 32.2. The molecule has 0 spiro atoms. The van der Waals surface area contributed by atoms with Gasteiger partial charge in [-0.2, -0.15) is 21.6 Å². The van der Waals surface area contributed by atoms with Crippen molar-refractivity contribution in [2.75, 3.05) is 0 Å². The molecule has 0 saturated carbocycles. The molecule has 0 aromatic heterocycles. The summed E-state index contributed by atoms with van der Waals surface area (Å²) in [6.07, 6.45) is -4.55. The Morgan fingerprint density at radius 2 is 1.75 bits per heavy atom. The van der Waals surface area contributed by atoms with Crippen LogP contribution in [0.15, 0.2) is 53.4 Å². The lowest BCUT2D eigenvalue weighted by atomic mass is 10.1. The summed E-state index contributed by atoms with van der Waals surface area (Å²) in [5, 5.41) is 0. The van der Waals surface area contributed by atoms with Crippen molar-refractivity contribution in [2.45, 2.75) is 24.4 Å². The van der Waals surface area contributed by atoms with Crippen LogP contribution < -0.4 is 4.18 Å². The Morgan fingerprint density at radius 1 is 1.08 bits per heavy atom. The molecule has 0 bridgehead atoms. The third kappa shape index (κ3) is 3.94. The Bertz CT molecular complexity index is 858. The molecule has 0 aliphatic carbocycles. The first-order valence-corrected chi connectivity index (χ1v) is 8.30. The number of para-hydroxylation sites is 1. The van der Waals surface area contributed by atoms with Gasteiger partial charge in [-0.1, -0.05) is 25.1 Å². The first kappa shape index (κ1) is 18.0. The van der Waals surface area contributed by atoms with Crippen molar-refractivity contribution in [1.29, 1.82) is 0 Å². The molecule has 4 nitrogen and oxygen atoms in total. The number of benzene rings is 2. The predicted octanol–water partition coefficient (Wildman–Crippen LogP) is 4.07. The maximum atomic E-state index is 12.7. The summed E-state index contributed by atoms with van der Waals surface area (Å²) in [4.78, 5) is 11.2. The van der Waals surface area contributed by atoms with Gasteiger partial charge in [0.15, 0.2) is 11.5 Å². The van der Waals surface area contributed by atoms with Gasteiger partial charge in [-0.3, -0.25) is 4.79 Å². The molecule has 0 aliphatic heterocycles. The number of halogens is 3. The summed E-state index contributed by atoms with van der Waals surface area (Å²) in [5.41, 5.74) is -1.05. The van der Waals surface area contributed by atoms with E-state index in [9.17, 15) is 26.4 Å². The van der Waals surface area contributed by atoms with Crippen molar-refractivity contribution in [2.24, 2.45) is 0 Å². The molecule has 0 radical (unpaired) electrons. The van der Waals surface area contributed by atoms with Crippen LogP contribution in [0, 0.1) is 0 Å². The van der Waals surface area contributed by atoms with E-state index >= 15 is 0 Å². The molecule has 0 N–H and O–H groups in total. The van der Waals surface area contributed by atoms with Crippen molar-refractivity contribution in [3.05, 3.63) is 59.7 Å². The molecule has 2 aromatic rings. The molecule has 2 rings (SSSR count). The first-order chi connectivity index (χ1) is 11.1. The van der Waals surface area contributed by atoms with E-state index in [2.05, 4.69) is 0 Å². The average Bonchev–Trinajstić information content (AvgIpc) is 2.53. The van der Waals surface area contributed by atoms with Gasteiger partial charge in [0.25, 0.3) is 0 Å². The van der Waals surface area contributed by atoms with Crippen LogP contribution >= 0.6 is 0 Å². The van der Waals surface area contributed by atoms with Crippen molar-refractivity contribution in [3.63, 3.8) is 0 Å². The highest BCUT2D eigenvalue weighted by Crippen LogP contribution is 2.31. The lowest BCUT2D eigenvalue weighted by Crippen LogP contribution is -2.14. The monoisotopic (exact) mass is 358 g/mol. The number of hydrogen-bond donors (Lipinski definition) is 0. The minimum atomic E-state index is -4.68. The number of alkyl halides is 3. The third-order valence-corrected chi connectivity index (χ3v) is 4.39. The number of hydrogen-bond acceptors (Lipinski definition) is 4. The summed E-state index contributed by atoms with van der Waals surface area (Å²) >= 11 is 0. The van der Waals surface area contributed by atoms with Crippen LogP contribution in [0.2, 0.25) is 0 Å². The molecule has 2 aromatic carbocycles. The molecule has 0 amide bonds. The van der Waals surface area contributed by atoms with E-state index in [0.717, 1.165) is 18.2 Å². The highest BCUT2D eigenvalue weighted by Gasteiger charge is 2.32. The Hall–Kier alpha value is -2.35. The standard InChI is InChI=1S/C16H13F3O4S/c1-2-14(20)13-8-3-4-9-15(13)23-24(21,22)12-7-5-6-11(10-12)16(17,18)19/h3-10H,2H2,1H3. The summed E-state index contributed by atoms with van der Waals surface area (Å²) in [7, 11) is -4.51. The molecule has 0 aliphatic rings. The van der Waals surface area contributed by atoms with Gasteiger partial charge in [0, 0.05) is 6.42 Å². The molecule has 24 heavy (non-hydrogen) atoms. The smallest absolute Gasteiger partial charge is 0.378 e. The molecule has 8 heteroatoms. The van der Waals surface area contributed by atoms with E-state index in [-0.39, 0.29) is 23.5 Å². The first-order valence-electron chi connectivity index (χ1n) is 6.89. The highest BCUT2D eigenvalue weighted by molar-refractivity contribution is 7.87. The van der Waals surface area contributed by atoms with Crippen LogP contribution in [0.1, 0.15) is 29.3 Å². The van der Waals surface area contributed by atoms with E-state index in [1.807, 2.05) is 0 Å². The van der Waals surface area contributed by atoms with E-state index in [1.54, 1.807) is 6.92 Å². The second kappa shape index (κ2) is 6.64. The van der Waals surface area contributed by atoms with E-state index in [1.165, 1.54) is 24.3 Å². The van der Waals surface area contributed by atoms with Crippen LogP contribution in [0.4, 0.5) is 13.2 Å². The van der Waals surface area contributed by atoms with Gasteiger partial charge in [-0.05, 0) is 30.3 Å². The van der Waals surface area contributed by atoms with Crippen LogP contribution in [0.3, 0.4) is 0 Å². The number of carbonyl (C=O) groups excluding carboxylic acids is 1. The molecule has 128 valence electrons. The van der Waals surface area contributed by atoms with Gasteiger partial charge in [0.2, 0.25) is 0 Å². The maximum absolute atomic E-state index is 12.7. The van der Waals surface area contributed by atoms with Crippen LogP contribution in [-0.4, -0.2) is 14.2 Å². The summed E-state index contributed by atoms with van der Waals surface area (Å²) in [5.74, 6) is -0.563. The van der Waals surface area contributed by atoms with Gasteiger partial charge >= 0.3 is 16.3 Å². The molecule has 0 unspecified atom stereocenters. The summed E-state index contributed by atoms with van der Waals surface area (Å²) in [6, 6.07) is 8.87. The van der Waals surface area contributed by atoms with Crippen LogP contribution in [0.5, 0.6) is 5.75 Å². The minimum Gasteiger partial charge on any atom is -0.378 e. The van der Waals surface area contributed by atoms with E-state index in [4.69, 9.17) is 4.18 Å². The second-order valence-corrected chi connectivity index (χ2v) is 6.38. The van der Waals surface area contributed by atoms with Crippen molar-refractivity contribution < 1.29 is 30.6 Å². The van der Waals surface area contributed by atoms with Crippen LogP contribution in [-0.2, 0) is 16.3 Å². The van der Waals surface area contributed by atoms with Crippen molar-refractivity contribution in [1.82, 2.24) is 0 Å². The largest absolute Gasteiger partial charge is 0.416 e. The summed E-state index contributed by atoms with van der Waals surface area (Å²) in [6.45, 7) is 1.60. The zero-order valence-corrected chi connectivity index (χ0v) is 13.3.